The fourth-order valence-corrected chi connectivity index (χ4v) is 2.42. The van der Waals surface area contributed by atoms with Gasteiger partial charge in [-0.05, 0) is 45.4 Å². The molecule has 0 aromatic rings. The number of aliphatic imine (C=N–C) groups is 1. The molecule has 0 saturated carbocycles. The zero-order valence-corrected chi connectivity index (χ0v) is 18.4. The van der Waals surface area contributed by atoms with Crippen molar-refractivity contribution in [3.63, 3.8) is 0 Å². The maximum Gasteiger partial charge on any atom is 0.227 e. The first-order chi connectivity index (χ1) is 10.8. The van der Waals surface area contributed by atoms with Crippen LogP contribution >= 0.6 is 24.0 Å². The Balaban J connectivity index is 0. The van der Waals surface area contributed by atoms with Gasteiger partial charge in [0, 0.05) is 26.7 Å². The van der Waals surface area contributed by atoms with Gasteiger partial charge < -0.3 is 21.1 Å². The van der Waals surface area contributed by atoms with Gasteiger partial charge >= 0.3 is 0 Å². The van der Waals surface area contributed by atoms with Crippen molar-refractivity contribution < 1.29 is 9.90 Å². The van der Waals surface area contributed by atoms with Crippen molar-refractivity contribution in [2.45, 2.75) is 47.5 Å². The van der Waals surface area contributed by atoms with Crippen LogP contribution in [0.1, 0.15) is 47.5 Å². The molecule has 1 atom stereocenters. The SMILES string of the molecule is CCNC(=NCC(C)(C)C(=O)NC)NCC(CCO)CC(C)C.I. The monoisotopic (exact) mass is 456 g/mol. The van der Waals surface area contributed by atoms with Crippen LogP contribution in [0.15, 0.2) is 4.99 Å². The Bertz CT molecular complexity index is 374. The summed E-state index contributed by atoms with van der Waals surface area (Å²) in [5.41, 5.74) is -0.542. The summed E-state index contributed by atoms with van der Waals surface area (Å²) < 4.78 is 0. The minimum atomic E-state index is -0.542. The molecular formula is C17H37IN4O2. The van der Waals surface area contributed by atoms with Crippen molar-refractivity contribution in [3.05, 3.63) is 0 Å². The molecule has 0 bridgehead atoms. The minimum absolute atomic E-state index is 0. The molecule has 4 N–H and O–H groups in total. The van der Waals surface area contributed by atoms with Gasteiger partial charge in [0.1, 0.15) is 0 Å². The number of hydrogen-bond acceptors (Lipinski definition) is 3. The number of aliphatic hydroxyl groups is 1. The summed E-state index contributed by atoms with van der Waals surface area (Å²) in [6.07, 6.45) is 1.85. The second kappa shape index (κ2) is 13.7. The van der Waals surface area contributed by atoms with Crippen LogP contribution in [0.25, 0.3) is 0 Å². The zero-order chi connectivity index (χ0) is 17.9. The van der Waals surface area contributed by atoms with Crippen molar-refractivity contribution >= 4 is 35.8 Å². The van der Waals surface area contributed by atoms with E-state index < -0.39 is 5.41 Å². The number of halogens is 1. The van der Waals surface area contributed by atoms with Crippen molar-refractivity contribution in [2.75, 3.05) is 33.3 Å². The van der Waals surface area contributed by atoms with Crippen LogP contribution in [-0.4, -0.2) is 50.3 Å². The van der Waals surface area contributed by atoms with E-state index in [1.54, 1.807) is 7.05 Å². The molecular weight excluding hydrogens is 419 g/mol. The van der Waals surface area contributed by atoms with Crippen LogP contribution in [0.3, 0.4) is 0 Å². The lowest BCUT2D eigenvalue weighted by Gasteiger charge is -2.23. The molecule has 0 radical (unpaired) electrons. The molecule has 0 fully saturated rings. The predicted octanol–water partition coefficient (Wildman–Crippen LogP) is 1.98. The third-order valence-electron chi connectivity index (χ3n) is 3.72. The van der Waals surface area contributed by atoms with E-state index in [0.29, 0.717) is 18.4 Å². The van der Waals surface area contributed by atoms with Crippen LogP contribution in [0.4, 0.5) is 0 Å². The maximum atomic E-state index is 11.8. The summed E-state index contributed by atoms with van der Waals surface area (Å²) in [6.45, 7) is 12.3. The van der Waals surface area contributed by atoms with Gasteiger partial charge in [0.2, 0.25) is 5.91 Å². The standard InChI is InChI=1S/C17H36N4O2.HI/c1-7-19-16(21-12-17(4,5)15(23)18-6)20-11-14(8-9-22)10-13(2)3;/h13-14,22H,7-12H2,1-6H3,(H,18,23)(H2,19,20,21);1H. The lowest BCUT2D eigenvalue weighted by Crippen LogP contribution is -2.42. The smallest absolute Gasteiger partial charge is 0.227 e. The molecule has 7 heteroatoms. The second-order valence-electron chi connectivity index (χ2n) is 7.05. The molecule has 0 aliphatic carbocycles. The highest BCUT2D eigenvalue weighted by Gasteiger charge is 2.26. The topological polar surface area (TPSA) is 85.8 Å². The number of hydrogen-bond donors (Lipinski definition) is 4. The van der Waals surface area contributed by atoms with Crippen molar-refractivity contribution in [1.29, 1.82) is 0 Å². The highest BCUT2D eigenvalue weighted by molar-refractivity contribution is 14.0. The number of nitrogens with one attached hydrogen (secondary N) is 3. The van der Waals surface area contributed by atoms with E-state index in [9.17, 15) is 9.90 Å². The van der Waals surface area contributed by atoms with Gasteiger partial charge in [-0.3, -0.25) is 9.79 Å². The first kappa shape index (κ1) is 25.7. The summed E-state index contributed by atoms with van der Waals surface area (Å²) in [4.78, 5) is 16.4. The van der Waals surface area contributed by atoms with Gasteiger partial charge in [-0.2, -0.15) is 0 Å². The molecule has 0 aromatic heterocycles. The Morgan fingerprint density at radius 2 is 1.88 bits per heavy atom. The average Bonchev–Trinajstić information content (AvgIpc) is 2.48. The Morgan fingerprint density at radius 1 is 1.25 bits per heavy atom. The van der Waals surface area contributed by atoms with Gasteiger partial charge in [0.15, 0.2) is 5.96 Å². The number of carbonyl (C=O) groups excluding carboxylic acids is 1. The van der Waals surface area contributed by atoms with Gasteiger partial charge in [0.25, 0.3) is 0 Å². The van der Waals surface area contributed by atoms with E-state index in [0.717, 1.165) is 31.9 Å². The molecule has 0 rings (SSSR count). The maximum absolute atomic E-state index is 11.8. The number of carbonyl (C=O) groups is 1. The normalized spacial score (nSPS) is 13.2. The van der Waals surface area contributed by atoms with Crippen molar-refractivity contribution in [2.24, 2.45) is 22.2 Å². The largest absolute Gasteiger partial charge is 0.396 e. The van der Waals surface area contributed by atoms with Crippen LogP contribution in [0.2, 0.25) is 0 Å². The van der Waals surface area contributed by atoms with Crippen LogP contribution in [0, 0.1) is 17.3 Å². The molecule has 0 heterocycles. The molecule has 0 aliphatic rings. The summed E-state index contributed by atoms with van der Waals surface area (Å²) >= 11 is 0. The van der Waals surface area contributed by atoms with E-state index in [1.165, 1.54) is 0 Å². The molecule has 0 aromatic carbocycles. The van der Waals surface area contributed by atoms with Gasteiger partial charge in [-0.25, -0.2) is 0 Å². The molecule has 1 amide bonds. The molecule has 24 heavy (non-hydrogen) atoms. The van der Waals surface area contributed by atoms with Gasteiger partial charge in [-0.15, -0.1) is 24.0 Å². The van der Waals surface area contributed by atoms with Crippen LogP contribution in [0.5, 0.6) is 0 Å². The summed E-state index contributed by atoms with van der Waals surface area (Å²) in [7, 11) is 1.64. The van der Waals surface area contributed by atoms with Crippen LogP contribution in [-0.2, 0) is 4.79 Å². The second-order valence-corrected chi connectivity index (χ2v) is 7.05. The average molecular weight is 456 g/mol. The quantitative estimate of drug-likeness (QED) is 0.230. The summed E-state index contributed by atoms with van der Waals surface area (Å²) in [5, 5.41) is 18.4. The molecule has 6 nitrogen and oxygen atoms in total. The fourth-order valence-electron chi connectivity index (χ4n) is 2.42. The highest BCUT2D eigenvalue weighted by Crippen LogP contribution is 2.16. The highest BCUT2D eigenvalue weighted by atomic mass is 127. The molecule has 144 valence electrons. The number of aliphatic hydroxyl groups excluding tert-OH is 1. The molecule has 0 saturated heterocycles. The first-order valence-electron chi connectivity index (χ1n) is 8.62. The molecule has 0 aliphatic heterocycles. The van der Waals surface area contributed by atoms with Crippen molar-refractivity contribution in [3.8, 4) is 0 Å². The van der Waals surface area contributed by atoms with E-state index in [1.807, 2.05) is 20.8 Å². The number of amides is 1. The fraction of sp³-hybridized carbons (Fsp3) is 0.882. The lowest BCUT2D eigenvalue weighted by molar-refractivity contribution is -0.128. The summed E-state index contributed by atoms with van der Waals surface area (Å²) in [5.74, 6) is 1.71. The third kappa shape index (κ3) is 11.1. The van der Waals surface area contributed by atoms with E-state index in [4.69, 9.17) is 0 Å². The molecule has 1 unspecified atom stereocenters. The predicted molar refractivity (Wildman–Crippen MR) is 112 cm³/mol. The lowest BCUT2D eigenvalue weighted by atomic mass is 9.93. The van der Waals surface area contributed by atoms with Crippen molar-refractivity contribution in [1.82, 2.24) is 16.0 Å². The van der Waals surface area contributed by atoms with Gasteiger partial charge in [-0.1, -0.05) is 13.8 Å². The number of nitrogens with zero attached hydrogens (tertiary/aromatic N) is 1. The van der Waals surface area contributed by atoms with E-state index in [2.05, 4.69) is 34.8 Å². The number of guanidine groups is 1. The Hall–Kier alpha value is -0.570. The number of rotatable bonds is 10. The first-order valence-corrected chi connectivity index (χ1v) is 8.62. The zero-order valence-electron chi connectivity index (χ0n) is 16.1. The van der Waals surface area contributed by atoms with E-state index in [-0.39, 0.29) is 36.5 Å². The van der Waals surface area contributed by atoms with E-state index >= 15 is 0 Å². The minimum Gasteiger partial charge on any atom is -0.396 e. The Kier molecular flexibility index (Phi) is 14.6. The molecule has 0 spiro atoms. The Morgan fingerprint density at radius 3 is 2.33 bits per heavy atom. The Labute approximate surface area is 164 Å². The van der Waals surface area contributed by atoms with Crippen LogP contribution < -0.4 is 16.0 Å². The summed E-state index contributed by atoms with van der Waals surface area (Å²) in [6, 6.07) is 0. The van der Waals surface area contributed by atoms with Gasteiger partial charge in [0.05, 0.1) is 12.0 Å². The third-order valence-corrected chi connectivity index (χ3v) is 3.72.